The van der Waals surface area contributed by atoms with Crippen LogP contribution in [-0.4, -0.2) is 11.1 Å². The van der Waals surface area contributed by atoms with Gasteiger partial charge in [-0.2, -0.15) is 0 Å². The summed E-state index contributed by atoms with van der Waals surface area (Å²) in [5, 5.41) is 9.01. The lowest BCUT2D eigenvalue weighted by Gasteiger charge is -2.07. The summed E-state index contributed by atoms with van der Waals surface area (Å²) in [6.45, 7) is 3.71. The van der Waals surface area contributed by atoms with Gasteiger partial charge in [-0.1, -0.05) is 97.6 Å². The van der Waals surface area contributed by atoms with Gasteiger partial charge in [0.2, 0.25) is 0 Å². The maximum Gasteiger partial charge on any atom is 0.328 e. The highest BCUT2D eigenvalue weighted by Crippen LogP contribution is 2.23. The summed E-state index contributed by atoms with van der Waals surface area (Å²) in [5.74, 6) is -0.979. The standard InChI is InChI=1S/C23H20O2/c1-2-3-12-21(16-15-19-10-6-4-7-11-19)22(17-18-23(24)25)20-13-8-5-9-14-20/h2-18H,1H2,(H,24,25). The molecular formula is C23H20O2. The summed E-state index contributed by atoms with van der Waals surface area (Å²) in [6, 6.07) is 19.7. The van der Waals surface area contributed by atoms with Crippen LogP contribution in [0.2, 0.25) is 0 Å². The minimum Gasteiger partial charge on any atom is -0.478 e. The number of rotatable bonds is 7. The molecular weight excluding hydrogens is 308 g/mol. The molecule has 0 bridgehead atoms. The molecule has 0 atom stereocenters. The Kier molecular flexibility index (Phi) is 6.95. The number of carboxylic acids is 1. The van der Waals surface area contributed by atoms with Gasteiger partial charge < -0.3 is 5.11 Å². The van der Waals surface area contributed by atoms with E-state index >= 15 is 0 Å². The molecule has 0 heterocycles. The van der Waals surface area contributed by atoms with Gasteiger partial charge in [0, 0.05) is 6.08 Å². The Labute approximate surface area is 148 Å². The highest BCUT2D eigenvalue weighted by Gasteiger charge is 2.03. The van der Waals surface area contributed by atoms with Crippen molar-refractivity contribution in [2.75, 3.05) is 0 Å². The van der Waals surface area contributed by atoms with Crippen molar-refractivity contribution in [2.45, 2.75) is 0 Å². The van der Waals surface area contributed by atoms with E-state index in [0.717, 1.165) is 28.3 Å². The van der Waals surface area contributed by atoms with Crippen molar-refractivity contribution in [1.29, 1.82) is 0 Å². The molecule has 124 valence electrons. The minimum atomic E-state index is -0.979. The molecule has 0 fully saturated rings. The maximum absolute atomic E-state index is 11.0. The molecule has 0 amide bonds. The predicted octanol–water partition coefficient (Wildman–Crippen LogP) is 5.54. The van der Waals surface area contributed by atoms with Crippen LogP contribution in [0.4, 0.5) is 0 Å². The van der Waals surface area contributed by atoms with Crippen molar-refractivity contribution in [3.63, 3.8) is 0 Å². The Morgan fingerprint density at radius 2 is 1.48 bits per heavy atom. The quantitative estimate of drug-likeness (QED) is 0.535. The largest absolute Gasteiger partial charge is 0.478 e. The normalized spacial score (nSPS) is 12.6. The fraction of sp³-hybridized carbons (Fsp3) is 0. The average molecular weight is 328 g/mol. The molecule has 1 N–H and O–H groups in total. The van der Waals surface area contributed by atoms with Crippen molar-refractivity contribution in [2.24, 2.45) is 0 Å². The smallest absolute Gasteiger partial charge is 0.328 e. The summed E-state index contributed by atoms with van der Waals surface area (Å²) in [4.78, 5) is 11.0. The van der Waals surface area contributed by atoms with Crippen molar-refractivity contribution in [1.82, 2.24) is 0 Å². The zero-order valence-electron chi connectivity index (χ0n) is 13.9. The molecule has 25 heavy (non-hydrogen) atoms. The van der Waals surface area contributed by atoms with E-state index in [2.05, 4.69) is 6.58 Å². The van der Waals surface area contributed by atoms with Crippen LogP contribution in [0, 0.1) is 0 Å². The molecule has 0 spiro atoms. The van der Waals surface area contributed by atoms with Crippen LogP contribution >= 0.6 is 0 Å². The van der Waals surface area contributed by atoms with Gasteiger partial charge in [0.05, 0.1) is 0 Å². The molecule has 0 saturated heterocycles. The average Bonchev–Trinajstić information content (AvgIpc) is 2.65. The summed E-state index contributed by atoms with van der Waals surface area (Å²) in [6.07, 6.45) is 12.2. The van der Waals surface area contributed by atoms with Gasteiger partial charge in [0.25, 0.3) is 0 Å². The molecule has 0 aliphatic rings. The van der Waals surface area contributed by atoms with E-state index in [-0.39, 0.29) is 0 Å². The highest BCUT2D eigenvalue weighted by atomic mass is 16.4. The fourth-order valence-electron chi connectivity index (χ4n) is 2.29. The minimum absolute atomic E-state index is 0.827. The van der Waals surface area contributed by atoms with Gasteiger partial charge in [-0.15, -0.1) is 0 Å². The number of hydrogen-bond acceptors (Lipinski definition) is 1. The molecule has 0 aromatic heterocycles. The molecule has 0 radical (unpaired) electrons. The monoisotopic (exact) mass is 328 g/mol. The Hall–Kier alpha value is -3.39. The molecule has 2 nitrogen and oxygen atoms in total. The van der Waals surface area contributed by atoms with Crippen LogP contribution in [0.3, 0.4) is 0 Å². The third-order valence-corrected chi connectivity index (χ3v) is 3.46. The lowest BCUT2D eigenvalue weighted by molar-refractivity contribution is -0.131. The van der Waals surface area contributed by atoms with Crippen LogP contribution in [0.5, 0.6) is 0 Å². The van der Waals surface area contributed by atoms with Gasteiger partial charge in [-0.25, -0.2) is 4.79 Å². The lowest BCUT2D eigenvalue weighted by atomic mass is 9.97. The predicted molar refractivity (Wildman–Crippen MR) is 105 cm³/mol. The van der Waals surface area contributed by atoms with E-state index in [9.17, 15) is 4.79 Å². The number of benzene rings is 2. The van der Waals surface area contributed by atoms with E-state index in [1.54, 1.807) is 12.2 Å². The van der Waals surface area contributed by atoms with E-state index < -0.39 is 5.97 Å². The molecule has 0 saturated carbocycles. The van der Waals surface area contributed by atoms with Gasteiger partial charge >= 0.3 is 5.97 Å². The second-order valence-electron chi connectivity index (χ2n) is 5.25. The van der Waals surface area contributed by atoms with Gasteiger partial charge in [0.15, 0.2) is 0 Å². The highest BCUT2D eigenvalue weighted by molar-refractivity contribution is 5.88. The molecule has 0 unspecified atom stereocenters. The van der Waals surface area contributed by atoms with Gasteiger partial charge in [-0.05, 0) is 28.3 Å². The molecule has 0 aliphatic heterocycles. The first-order chi connectivity index (χ1) is 12.2. The molecule has 2 rings (SSSR count). The summed E-state index contributed by atoms with van der Waals surface area (Å²) >= 11 is 0. The summed E-state index contributed by atoms with van der Waals surface area (Å²) < 4.78 is 0. The van der Waals surface area contributed by atoms with Crippen molar-refractivity contribution in [3.8, 4) is 0 Å². The lowest BCUT2D eigenvalue weighted by Crippen LogP contribution is -1.90. The van der Waals surface area contributed by atoms with Crippen LogP contribution < -0.4 is 0 Å². The second-order valence-corrected chi connectivity index (χ2v) is 5.25. The Bertz CT molecular complexity index is 823. The van der Waals surface area contributed by atoms with Crippen LogP contribution in [0.1, 0.15) is 11.1 Å². The van der Waals surface area contributed by atoms with Crippen molar-refractivity contribution < 1.29 is 9.90 Å². The topological polar surface area (TPSA) is 37.3 Å². The first-order valence-electron chi connectivity index (χ1n) is 7.93. The van der Waals surface area contributed by atoms with Gasteiger partial charge in [-0.3, -0.25) is 0 Å². The van der Waals surface area contributed by atoms with E-state index in [1.807, 2.05) is 85.0 Å². The third kappa shape index (κ3) is 5.96. The van der Waals surface area contributed by atoms with Crippen molar-refractivity contribution in [3.05, 3.63) is 120 Å². The third-order valence-electron chi connectivity index (χ3n) is 3.46. The number of carbonyl (C=O) groups is 1. The summed E-state index contributed by atoms with van der Waals surface area (Å²) in [7, 11) is 0. The number of carboxylic acid groups (broad SMARTS) is 1. The SMILES string of the molecule is C=CC=CC(C=Cc1ccccc1)=C(C=CC(=O)O)c1ccccc1. The molecule has 2 aromatic carbocycles. The first kappa shape index (κ1) is 18.0. The van der Waals surface area contributed by atoms with E-state index in [0.29, 0.717) is 0 Å². The molecule has 2 aromatic rings. The Morgan fingerprint density at radius 3 is 2.08 bits per heavy atom. The second kappa shape index (κ2) is 9.68. The van der Waals surface area contributed by atoms with E-state index in [4.69, 9.17) is 5.11 Å². The molecule has 0 aliphatic carbocycles. The van der Waals surface area contributed by atoms with Crippen LogP contribution in [-0.2, 0) is 4.79 Å². The van der Waals surface area contributed by atoms with E-state index in [1.165, 1.54) is 0 Å². The van der Waals surface area contributed by atoms with Gasteiger partial charge in [0.1, 0.15) is 0 Å². The number of allylic oxidation sites excluding steroid dienone is 7. The summed E-state index contributed by atoms with van der Waals surface area (Å²) in [5.41, 5.74) is 3.74. The van der Waals surface area contributed by atoms with Crippen molar-refractivity contribution >= 4 is 17.6 Å². The maximum atomic E-state index is 11.0. The zero-order chi connectivity index (χ0) is 17.9. The number of hydrogen-bond donors (Lipinski definition) is 1. The Morgan fingerprint density at radius 1 is 0.840 bits per heavy atom. The fourth-order valence-corrected chi connectivity index (χ4v) is 2.29. The molecule has 2 heteroatoms. The number of aliphatic carboxylic acids is 1. The first-order valence-corrected chi connectivity index (χ1v) is 7.93. The van der Waals surface area contributed by atoms with Crippen LogP contribution in [0.15, 0.2) is 109 Å². The van der Waals surface area contributed by atoms with Crippen LogP contribution in [0.25, 0.3) is 11.6 Å². The Balaban J connectivity index is 2.56. The zero-order valence-corrected chi connectivity index (χ0v) is 13.9.